The van der Waals surface area contributed by atoms with Crippen LogP contribution in [0.2, 0.25) is 0 Å². The number of para-hydroxylation sites is 1. The van der Waals surface area contributed by atoms with Crippen molar-refractivity contribution in [2.75, 3.05) is 0 Å². The summed E-state index contributed by atoms with van der Waals surface area (Å²) in [5.74, 6) is 0.864. The van der Waals surface area contributed by atoms with Crippen molar-refractivity contribution in [2.24, 2.45) is 5.73 Å². The lowest BCUT2D eigenvalue weighted by Crippen LogP contribution is -2.17. The zero-order valence-corrected chi connectivity index (χ0v) is 13.6. The maximum absolute atomic E-state index is 8.12. The van der Waals surface area contributed by atoms with Crippen LogP contribution in [0, 0.1) is 5.41 Å². The number of H-pyrrole nitrogens is 1. The molecule has 0 amide bonds. The second kappa shape index (κ2) is 5.16. The Kier molecular flexibility index (Phi) is 3.44. The molecule has 0 unspecified atom stereocenters. The van der Waals surface area contributed by atoms with Crippen molar-refractivity contribution in [3.8, 4) is 0 Å². The number of amidine groups is 1. The molecule has 22 heavy (non-hydrogen) atoms. The molecule has 0 saturated carbocycles. The Morgan fingerprint density at radius 2 is 1.73 bits per heavy atom. The maximum atomic E-state index is 8.12. The van der Waals surface area contributed by atoms with Gasteiger partial charge in [0.2, 0.25) is 0 Å². The predicted molar refractivity (Wildman–Crippen MR) is 95.0 cm³/mol. The fraction of sp³-hybridized carbons (Fsp3) is 0.316. The molecule has 1 aromatic heterocycles. The number of aromatic nitrogens is 1. The smallest absolute Gasteiger partial charge is 0.125 e. The molecule has 3 heteroatoms. The van der Waals surface area contributed by atoms with Crippen LogP contribution in [-0.4, -0.2) is 10.8 Å². The SMILES string of the molecule is CC(C)c1cc2c([nH]c3ccccc32)c(C(=N)N)c1C(C)C. The monoisotopic (exact) mass is 293 g/mol. The standard InChI is InChI=1S/C19H23N3/c1-10(2)13-9-14-12-7-5-6-8-15(12)22-18(14)17(19(20)21)16(13)11(3)4/h5-11,22H,1-4H3,(H3,20,21). The predicted octanol–water partition coefficient (Wildman–Crippen LogP) is 4.85. The third kappa shape index (κ3) is 2.08. The Labute approximate surface area is 131 Å². The minimum Gasteiger partial charge on any atom is -0.384 e. The minimum absolute atomic E-state index is 0.141. The average molecular weight is 293 g/mol. The molecule has 0 radical (unpaired) electrons. The number of nitrogen functional groups attached to an aromatic ring is 1. The summed E-state index contributed by atoms with van der Waals surface area (Å²) in [4.78, 5) is 3.47. The van der Waals surface area contributed by atoms with Crippen LogP contribution >= 0.6 is 0 Å². The van der Waals surface area contributed by atoms with Crippen molar-refractivity contribution in [3.63, 3.8) is 0 Å². The van der Waals surface area contributed by atoms with Gasteiger partial charge in [0.25, 0.3) is 0 Å². The Bertz CT molecular complexity index is 869. The van der Waals surface area contributed by atoms with Gasteiger partial charge in [0, 0.05) is 21.9 Å². The molecule has 4 N–H and O–H groups in total. The molecule has 114 valence electrons. The van der Waals surface area contributed by atoms with E-state index < -0.39 is 0 Å². The quantitative estimate of drug-likeness (QED) is 0.469. The van der Waals surface area contributed by atoms with Crippen molar-refractivity contribution in [2.45, 2.75) is 39.5 Å². The molecule has 3 rings (SSSR count). The van der Waals surface area contributed by atoms with E-state index in [1.54, 1.807) is 0 Å². The fourth-order valence-electron chi connectivity index (χ4n) is 3.40. The van der Waals surface area contributed by atoms with Gasteiger partial charge in [-0.3, -0.25) is 5.41 Å². The summed E-state index contributed by atoms with van der Waals surface area (Å²) in [6, 6.07) is 10.5. The topological polar surface area (TPSA) is 65.7 Å². The molecule has 3 nitrogen and oxygen atoms in total. The number of hydrogen-bond donors (Lipinski definition) is 3. The summed E-state index contributed by atoms with van der Waals surface area (Å²) in [5.41, 5.74) is 11.4. The van der Waals surface area contributed by atoms with Crippen LogP contribution in [0.25, 0.3) is 21.8 Å². The van der Waals surface area contributed by atoms with E-state index in [1.807, 2.05) is 6.07 Å². The molecule has 0 atom stereocenters. The van der Waals surface area contributed by atoms with Crippen LogP contribution < -0.4 is 5.73 Å². The summed E-state index contributed by atoms with van der Waals surface area (Å²) < 4.78 is 0. The number of nitrogens with one attached hydrogen (secondary N) is 2. The first-order chi connectivity index (χ1) is 10.4. The maximum Gasteiger partial charge on any atom is 0.125 e. The van der Waals surface area contributed by atoms with E-state index in [1.165, 1.54) is 16.5 Å². The number of hydrogen-bond acceptors (Lipinski definition) is 1. The Hall–Kier alpha value is -2.29. The molecule has 0 spiro atoms. The van der Waals surface area contributed by atoms with E-state index >= 15 is 0 Å². The van der Waals surface area contributed by atoms with Crippen LogP contribution in [0.1, 0.15) is 56.2 Å². The van der Waals surface area contributed by atoms with Gasteiger partial charge in [-0.05, 0) is 35.1 Å². The normalized spacial score (nSPS) is 11.9. The van der Waals surface area contributed by atoms with Crippen molar-refractivity contribution < 1.29 is 0 Å². The van der Waals surface area contributed by atoms with Crippen LogP contribution in [-0.2, 0) is 0 Å². The lowest BCUT2D eigenvalue weighted by molar-refractivity contribution is 0.790. The molecular formula is C19H23N3. The number of benzene rings is 2. The first kappa shape index (κ1) is 14.6. The van der Waals surface area contributed by atoms with Gasteiger partial charge < -0.3 is 10.7 Å². The molecule has 0 bridgehead atoms. The van der Waals surface area contributed by atoms with Gasteiger partial charge in [-0.15, -0.1) is 0 Å². The molecule has 3 aromatic rings. The summed E-state index contributed by atoms with van der Waals surface area (Å²) in [7, 11) is 0. The highest BCUT2D eigenvalue weighted by Gasteiger charge is 2.21. The van der Waals surface area contributed by atoms with Crippen LogP contribution in [0.5, 0.6) is 0 Å². The van der Waals surface area contributed by atoms with Gasteiger partial charge in [0.1, 0.15) is 5.84 Å². The van der Waals surface area contributed by atoms with Crippen LogP contribution in [0.15, 0.2) is 30.3 Å². The Morgan fingerprint density at radius 1 is 1.05 bits per heavy atom. The summed E-state index contributed by atoms with van der Waals surface area (Å²) >= 11 is 0. The zero-order valence-electron chi connectivity index (χ0n) is 13.6. The number of rotatable bonds is 3. The average Bonchev–Trinajstić information content (AvgIpc) is 2.82. The molecule has 0 aliphatic heterocycles. The van der Waals surface area contributed by atoms with Crippen molar-refractivity contribution >= 4 is 27.6 Å². The second-order valence-corrected chi connectivity index (χ2v) is 6.57. The fourth-order valence-corrected chi connectivity index (χ4v) is 3.40. The lowest BCUT2D eigenvalue weighted by atomic mass is 9.84. The largest absolute Gasteiger partial charge is 0.384 e. The number of fused-ring (bicyclic) bond motifs is 3. The van der Waals surface area contributed by atoms with E-state index in [-0.39, 0.29) is 5.84 Å². The third-order valence-corrected chi connectivity index (χ3v) is 4.35. The van der Waals surface area contributed by atoms with E-state index in [9.17, 15) is 0 Å². The van der Waals surface area contributed by atoms with Crippen molar-refractivity contribution in [1.82, 2.24) is 4.98 Å². The van der Waals surface area contributed by atoms with Crippen LogP contribution in [0.4, 0.5) is 0 Å². The first-order valence-electron chi connectivity index (χ1n) is 7.83. The molecule has 0 aliphatic rings. The van der Waals surface area contributed by atoms with Crippen molar-refractivity contribution in [1.29, 1.82) is 5.41 Å². The van der Waals surface area contributed by atoms with Crippen molar-refractivity contribution in [3.05, 3.63) is 47.0 Å². The highest BCUT2D eigenvalue weighted by molar-refractivity contribution is 6.16. The highest BCUT2D eigenvalue weighted by atomic mass is 14.8. The second-order valence-electron chi connectivity index (χ2n) is 6.57. The highest BCUT2D eigenvalue weighted by Crippen LogP contribution is 2.37. The van der Waals surface area contributed by atoms with Gasteiger partial charge in [0.05, 0.1) is 5.52 Å². The van der Waals surface area contributed by atoms with E-state index in [4.69, 9.17) is 11.1 Å². The molecule has 1 heterocycles. The minimum atomic E-state index is 0.141. The summed E-state index contributed by atoms with van der Waals surface area (Å²) in [5, 5.41) is 10.5. The van der Waals surface area contributed by atoms with Gasteiger partial charge in [-0.25, -0.2) is 0 Å². The van der Waals surface area contributed by atoms with Gasteiger partial charge in [0.15, 0.2) is 0 Å². The molecule has 0 saturated heterocycles. The van der Waals surface area contributed by atoms with E-state index in [0.29, 0.717) is 11.8 Å². The molecule has 0 fully saturated rings. The Morgan fingerprint density at radius 3 is 2.32 bits per heavy atom. The third-order valence-electron chi connectivity index (χ3n) is 4.35. The number of nitrogens with two attached hydrogens (primary N) is 1. The van der Waals surface area contributed by atoms with Crippen LogP contribution in [0.3, 0.4) is 0 Å². The first-order valence-corrected chi connectivity index (χ1v) is 7.83. The number of aromatic amines is 1. The van der Waals surface area contributed by atoms with E-state index in [2.05, 4.69) is 56.9 Å². The van der Waals surface area contributed by atoms with Gasteiger partial charge >= 0.3 is 0 Å². The van der Waals surface area contributed by atoms with Gasteiger partial charge in [-0.2, -0.15) is 0 Å². The Balaban J connectivity index is 2.56. The molecular weight excluding hydrogens is 270 g/mol. The van der Waals surface area contributed by atoms with Gasteiger partial charge in [-0.1, -0.05) is 45.9 Å². The van der Waals surface area contributed by atoms with E-state index in [0.717, 1.165) is 22.0 Å². The molecule has 0 aliphatic carbocycles. The zero-order chi connectivity index (χ0) is 16.0. The summed E-state index contributed by atoms with van der Waals surface area (Å²) in [6.45, 7) is 8.74. The molecule has 2 aromatic carbocycles. The summed E-state index contributed by atoms with van der Waals surface area (Å²) in [6.07, 6.45) is 0. The lowest BCUT2D eigenvalue weighted by Gasteiger charge is -2.21.